The minimum Gasteiger partial charge on any atom is -0.348 e. The van der Waals surface area contributed by atoms with E-state index in [0.717, 1.165) is 12.1 Å². The van der Waals surface area contributed by atoms with Crippen LogP contribution in [0.2, 0.25) is 5.02 Å². The van der Waals surface area contributed by atoms with Crippen molar-refractivity contribution in [3.8, 4) is 0 Å². The first-order valence-corrected chi connectivity index (χ1v) is 6.56. The summed E-state index contributed by atoms with van der Waals surface area (Å²) in [6.45, 7) is 8.46. The minimum absolute atomic E-state index is 0.00759. The Balaban J connectivity index is 2.67. The van der Waals surface area contributed by atoms with Crippen molar-refractivity contribution in [3.05, 3.63) is 34.9 Å². The highest BCUT2D eigenvalue weighted by Crippen LogP contribution is 2.17. The molecular weight excluding hydrogens is 248 g/mol. The third-order valence-electron chi connectivity index (χ3n) is 2.90. The van der Waals surface area contributed by atoms with Crippen LogP contribution in [0.5, 0.6) is 0 Å². The summed E-state index contributed by atoms with van der Waals surface area (Å²) in [6.07, 6.45) is 0. The molecule has 0 aliphatic carbocycles. The highest BCUT2D eigenvalue weighted by Gasteiger charge is 2.27. The van der Waals surface area contributed by atoms with Gasteiger partial charge in [0.1, 0.15) is 0 Å². The zero-order valence-electron chi connectivity index (χ0n) is 11.4. The maximum absolute atomic E-state index is 12.1. The van der Waals surface area contributed by atoms with Gasteiger partial charge >= 0.3 is 0 Å². The van der Waals surface area contributed by atoms with Crippen molar-refractivity contribution in [1.29, 1.82) is 0 Å². The van der Waals surface area contributed by atoms with E-state index in [2.05, 4.69) is 10.6 Å². The lowest BCUT2D eigenvalue weighted by molar-refractivity contribution is -0.127. The fourth-order valence-electron chi connectivity index (χ4n) is 1.73. The van der Waals surface area contributed by atoms with Gasteiger partial charge in [-0.3, -0.25) is 4.79 Å². The van der Waals surface area contributed by atoms with E-state index in [1.165, 1.54) is 0 Å². The number of benzene rings is 1. The van der Waals surface area contributed by atoms with E-state index in [4.69, 9.17) is 11.6 Å². The number of nitrogens with one attached hydrogen (secondary N) is 2. The van der Waals surface area contributed by atoms with Gasteiger partial charge in [0.25, 0.3) is 0 Å². The van der Waals surface area contributed by atoms with Gasteiger partial charge in [0.2, 0.25) is 5.91 Å². The van der Waals surface area contributed by atoms with Crippen LogP contribution in [0, 0.1) is 0 Å². The number of amides is 1. The second kappa shape index (κ2) is 6.21. The monoisotopic (exact) mass is 268 g/mol. The normalized spacial score (nSPS) is 13.2. The topological polar surface area (TPSA) is 41.1 Å². The predicted octanol–water partition coefficient (Wildman–Crippen LogP) is 2.91. The Morgan fingerprint density at radius 2 is 1.89 bits per heavy atom. The highest BCUT2D eigenvalue weighted by molar-refractivity contribution is 6.30. The standard InChI is InChI=1S/C14H21ClN2O/c1-5-16-14(3,4)13(18)17-10(2)11-6-8-12(15)9-7-11/h6-10,16H,5H2,1-4H3,(H,17,18). The maximum Gasteiger partial charge on any atom is 0.240 e. The number of hydrogen-bond donors (Lipinski definition) is 2. The molecule has 0 saturated heterocycles. The number of carbonyl (C=O) groups is 1. The van der Waals surface area contributed by atoms with Crippen molar-refractivity contribution in [2.24, 2.45) is 0 Å². The smallest absolute Gasteiger partial charge is 0.240 e. The molecule has 1 atom stereocenters. The summed E-state index contributed by atoms with van der Waals surface area (Å²) in [4.78, 5) is 12.1. The van der Waals surface area contributed by atoms with Crippen molar-refractivity contribution in [2.75, 3.05) is 6.54 Å². The van der Waals surface area contributed by atoms with Crippen LogP contribution in [0.25, 0.3) is 0 Å². The Morgan fingerprint density at radius 3 is 2.39 bits per heavy atom. The van der Waals surface area contributed by atoms with Gasteiger partial charge in [-0.25, -0.2) is 0 Å². The van der Waals surface area contributed by atoms with Crippen LogP contribution in [0.4, 0.5) is 0 Å². The quantitative estimate of drug-likeness (QED) is 0.862. The summed E-state index contributed by atoms with van der Waals surface area (Å²) < 4.78 is 0. The van der Waals surface area contributed by atoms with Gasteiger partial charge in [-0.15, -0.1) is 0 Å². The van der Waals surface area contributed by atoms with E-state index in [0.29, 0.717) is 5.02 Å². The molecule has 1 rings (SSSR count). The molecule has 1 aromatic rings. The van der Waals surface area contributed by atoms with Gasteiger partial charge in [0.15, 0.2) is 0 Å². The van der Waals surface area contributed by atoms with Crippen LogP contribution in [-0.4, -0.2) is 18.0 Å². The molecule has 0 bridgehead atoms. The molecule has 4 heteroatoms. The van der Waals surface area contributed by atoms with Crippen LogP contribution in [0.15, 0.2) is 24.3 Å². The Morgan fingerprint density at radius 1 is 1.33 bits per heavy atom. The first kappa shape index (κ1) is 15.0. The van der Waals surface area contributed by atoms with E-state index in [9.17, 15) is 4.79 Å². The van der Waals surface area contributed by atoms with Crippen LogP contribution in [0.3, 0.4) is 0 Å². The first-order chi connectivity index (χ1) is 8.36. The fraction of sp³-hybridized carbons (Fsp3) is 0.500. The van der Waals surface area contributed by atoms with Crippen molar-refractivity contribution < 1.29 is 4.79 Å². The number of rotatable bonds is 5. The molecule has 0 aliphatic rings. The lowest BCUT2D eigenvalue weighted by Gasteiger charge is -2.27. The number of hydrogen-bond acceptors (Lipinski definition) is 2. The van der Waals surface area contributed by atoms with Gasteiger partial charge in [-0.2, -0.15) is 0 Å². The summed E-state index contributed by atoms with van der Waals surface area (Å²) in [5.74, 6) is -0.00759. The summed E-state index contributed by atoms with van der Waals surface area (Å²) in [6, 6.07) is 7.47. The summed E-state index contributed by atoms with van der Waals surface area (Å²) in [7, 11) is 0. The average molecular weight is 269 g/mol. The number of carbonyl (C=O) groups excluding carboxylic acids is 1. The highest BCUT2D eigenvalue weighted by atomic mass is 35.5. The van der Waals surface area contributed by atoms with Gasteiger partial charge in [-0.05, 0) is 45.0 Å². The van der Waals surface area contributed by atoms with E-state index in [1.807, 2.05) is 52.0 Å². The van der Waals surface area contributed by atoms with Gasteiger partial charge < -0.3 is 10.6 Å². The van der Waals surface area contributed by atoms with E-state index < -0.39 is 5.54 Å². The Bertz CT molecular complexity index is 401. The van der Waals surface area contributed by atoms with Crippen molar-refractivity contribution in [1.82, 2.24) is 10.6 Å². The molecule has 0 aliphatic heterocycles. The van der Waals surface area contributed by atoms with Crippen LogP contribution in [-0.2, 0) is 4.79 Å². The molecule has 0 aromatic heterocycles. The van der Waals surface area contributed by atoms with Crippen molar-refractivity contribution in [3.63, 3.8) is 0 Å². The zero-order valence-corrected chi connectivity index (χ0v) is 12.1. The third-order valence-corrected chi connectivity index (χ3v) is 3.16. The molecule has 3 nitrogen and oxygen atoms in total. The van der Waals surface area contributed by atoms with Crippen LogP contribution >= 0.6 is 11.6 Å². The number of likely N-dealkylation sites (N-methyl/N-ethyl adjacent to an activating group) is 1. The Hall–Kier alpha value is -1.06. The predicted molar refractivity (Wildman–Crippen MR) is 75.8 cm³/mol. The Labute approximate surface area is 114 Å². The summed E-state index contributed by atoms with van der Waals surface area (Å²) in [5, 5.41) is 6.85. The second-order valence-electron chi connectivity index (χ2n) is 4.90. The van der Waals surface area contributed by atoms with Crippen LogP contribution < -0.4 is 10.6 Å². The minimum atomic E-state index is -0.560. The average Bonchev–Trinajstić information content (AvgIpc) is 2.29. The molecule has 1 amide bonds. The molecule has 0 saturated carbocycles. The zero-order chi connectivity index (χ0) is 13.8. The largest absolute Gasteiger partial charge is 0.348 e. The molecule has 0 spiro atoms. The molecule has 0 fully saturated rings. The molecule has 2 N–H and O–H groups in total. The third kappa shape index (κ3) is 4.00. The van der Waals surface area contributed by atoms with Crippen molar-refractivity contribution in [2.45, 2.75) is 39.3 Å². The molecule has 0 radical (unpaired) electrons. The lowest BCUT2D eigenvalue weighted by Crippen LogP contribution is -2.52. The molecule has 1 unspecified atom stereocenters. The molecular formula is C14H21ClN2O. The molecule has 1 aromatic carbocycles. The molecule has 0 heterocycles. The van der Waals surface area contributed by atoms with Gasteiger partial charge in [0, 0.05) is 5.02 Å². The van der Waals surface area contributed by atoms with E-state index in [-0.39, 0.29) is 11.9 Å². The molecule has 18 heavy (non-hydrogen) atoms. The number of halogens is 1. The maximum atomic E-state index is 12.1. The lowest BCUT2D eigenvalue weighted by atomic mass is 10.0. The summed E-state index contributed by atoms with van der Waals surface area (Å²) in [5.41, 5.74) is 0.482. The van der Waals surface area contributed by atoms with Gasteiger partial charge in [-0.1, -0.05) is 30.7 Å². The van der Waals surface area contributed by atoms with E-state index >= 15 is 0 Å². The second-order valence-corrected chi connectivity index (χ2v) is 5.34. The van der Waals surface area contributed by atoms with E-state index in [1.54, 1.807) is 0 Å². The molecule has 100 valence electrons. The SMILES string of the molecule is CCNC(C)(C)C(=O)NC(C)c1ccc(Cl)cc1. The van der Waals surface area contributed by atoms with Gasteiger partial charge in [0.05, 0.1) is 11.6 Å². The van der Waals surface area contributed by atoms with Crippen LogP contribution in [0.1, 0.15) is 39.3 Å². The van der Waals surface area contributed by atoms with Crippen molar-refractivity contribution >= 4 is 17.5 Å². The summed E-state index contributed by atoms with van der Waals surface area (Å²) >= 11 is 5.84. The fourth-order valence-corrected chi connectivity index (χ4v) is 1.86. The Kier molecular flexibility index (Phi) is 5.17. The first-order valence-electron chi connectivity index (χ1n) is 6.18.